The first-order valence-corrected chi connectivity index (χ1v) is 19.4. The highest BCUT2D eigenvalue weighted by atomic mass is 31.2. The van der Waals surface area contributed by atoms with Crippen molar-refractivity contribution >= 4 is 37.6 Å². The molecule has 1 heterocycles. The highest BCUT2D eigenvalue weighted by Crippen LogP contribution is 2.49. The van der Waals surface area contributed by atoms with E-state index in [1.165, 1.54) is 6.92 Å². The number of carboxylic acid groups (broad SMARTS) is 1. The quantitative estimate of drug-likeness (QED) is 0.0832. The first kappa shape index (κ1) is 41.5. The van der Waals surface area contributed by atoms with E-state index in [1.54, 1.807) is 54.6 Å². The van der Waals surface area contributed by atoms with Crippen LogP contribution in [0, 0.1) is 0 Å². The molecule has 3 aromatic rings. The summed E-state index contributed by atoms with van der Waals surface area (Å²) in [5, 5.41) is 17.3. The molecule has 1 saturated heterocycles. The third-order valence-electron chi connectivity index (χ3n) is 8.68. The van der Waals surface area contributed by atoms with Crippen LogP contribution in [0.25, 0.3) is 0 Å². The van der Waals surface area contributed by atoms with Gasteiger partial charge in [0.25, 0.3) is 5.91 Å². The Kier molecular flexibility index (Phi) is 16.0. The van der Waals surface area contributed by atoms with E-state index >= 15 is 0 Å². The highest BCUT2D eigenvalue weighted by Gasteiger charge is 2.42. The van der Waals surface area contributed by atoms with Crippen molar-refractivity contribution in [3.8, 4) is 0 Å². The van der Waals surface area contributed by atoms with Crippen LogP contribution in [0.2, 0.25) is 0 Å². The monoisotopic (exact) mass is 766 g/mol. The molecule has 54 heavy (non-hydrogen) atoms. The van der Waals surface area contributed by atoms with Gasteiger partial charge in [0.15, 0.2) is 0 Å². The molecule has 0 bridgehead atoms. The molecule has 0 saturated carbocycles. The average Bonchev–Trinajstić information content (AvgIpc) is 3.67. The van der Waals surface area contributed by atoms with Crippen molar-refractivity contribution in [1.82, 2.24) is 20.9 Å². The van der Waals surface area contributed by atoms with Crippen LogP contribution >= 0.6 is 7.60 Å². The van der Waals surface area contributed by atoms with Gasteiger partial charge in [0.2, 0.25) is 5.91 Å². The van der Waals surface area contributed by atoms with E-state index in [0.29, 0.717) is 30.4 Å². The molecule has 3 aromatic carbocycles. The minimum Gasteiger partial charge on any atom is -0.480 e. The fourth-order valence-corrected chi connectivity index (χ4v) is 7.25. The van der Waals surface area contributed by atoms with Crippen LogP contribution in [0.4, 0.5) is 9.59 Å². The molecule has 0 aromatic heterocycles. The van der Waals surface area contributed by atoms with E-state index in [1.807, 2.05) is 36.4 Å². The molecule has 5 atom stereocenters. The lowest BCUT2D eigenvalue weighted by Gasteiger charge is -2.30. The highest BCUT2D eigenvalue weighted by molar-refractivity contribution is 7.53. The number of hydrogen-bond donors (Lipinski definition) is 5. The Labute approximate surface area is 313 Å². The summed E-state index contributed by atoms with van der Waals surface area (Å²) >= 11 is 0. The van der Waals surface area contributed by atoms with Gasteiger partial charge in [-0.25, -0.2) is 14.4 Å². The van der Waals surface area contributed by atoms with Crippen molar-refractivity contribution in [2.24, 2.45) is 0 Å². The van der Waals surface area contributed by atoms with Gasteiger partial charge in [-0.1, -0.05) is 91.0 Å². The van der Waals surface area contributed by atoms with E-state index in [0.717, 1.165) is 10.5 Å². The maximum absolute atomic E-state index is 13.9. The third kappa shape index (κ3) is 13.3. The number of carboxylic acids is 1. The number of hydrogen-bond acceptors (Lipinski definition) is 9. The van der Waals surface area contributed by atoms with Crippen LogP contribution in [0.1, 0.15) is 55.7 Å². The molecule has 0 spiro atoms. The van der Waals surface area contributed by atoms with Gasteiger partial charge in [0.1, 0.15) is 37.2 Å². The summed E-state index contributed by atoms with van der Waals surface area (Å²) in [7, 11) is -4.85. The number of nitrogens with zero attached hydrogens (tertiary/aromatic N) is 1. The molecular formula is C38H47N4O11P. The Morgan fingerprint density at radius 2 is 1.37 bits per heavy atom. The number of aliphatic carboxylic acids is 1. The van der Waals surface area contributed by atoms with Crippen molar-refractivity contribution < 1.29 is 52.5 Å². The Balaban J connectivity index is 1.42. The SMILES string of the molecule is C[C@H](OP(=O)(O)C(Cc1ccccc1)NC(=O)[C@H](CCCCNC(=O)OCc1ccccc1)NC(=O)OCc1ccccc1)C(=O)N1CCC[C@H]1C(=O)O. The largest absolute Gasteiger partial charge is 0.480 e. The van der Waals surface area contributed by atoms with Gasteiger partial charge in [0.05, 0.1) is 0 Å². The number of benzene rings is 3. The second-order valence-electron chi connectivity index (χ2n) is 12.8. The molecule has 0 radical (unpaired) electrons. The number of rotatable bonds is 19. The Hall–Kier alpha value is -5.24. The van der Waals surface area contributed by atoms with Gasteiger partial charge in [-0.2, -0.15) is 0 Å². The molecule has 1 fully saturated rings. The molecule has 2 unspecified atom stereocenters. The van der Waals surface area contributed by atoms with Gasteiger partial charge in [-0.15, -0.1) is 0 Å². The molecule has 4 amide bonds. The summed E-state index contributed by atoms with van der Waals surface area (Å²) in [5.74, 6) is -4.33. The standard InChI is InChI=1S/C38H47N4O11P/c1-27(35(44)42-23-13-21-32(42)36(45)46)53-54(49,50)33(24-28-14-5-2-6-15-28)41-34(43)31(40-38(48)52-26-30-18-9-4-10-19-30)20-11-12-22-39-37(47)51-25-29-16-7-3-8-17-29/h2-10,14-19,27,31-33H,11-13,20-26H2,1H3,(H,39,47)(H,40,48)(H,41,43)(H,45,46)(H,49,50)/t27-,31-,32-,33?/m0/s1. The van der Waals surface area contributed by atoms with Gasteiger partial charge in [0, 0.05) is 19.5 Å². The molecule has 16 heteroatoms. The van der Waals surface area contributed by atoms with Crippen LogP contribution < -0.4 is 16.0 Å². The minimum absolute atomic E-state index is 0.0576. The van der Waals surface area contributed by atoms with Crippen molar-refractivity contribution in [2.75, 3.05) is 13.1 Å². The van der Waals surface area contributed by atoms with Crippen LogP contribution in [-0.2, 0) is 52.6 Å². The number of likely N-dealkylation sites (tertiary alicyclic amines) is 1. The minimum atomic E-state index is -4.85. The predicted molar refractivity (Wildman–Crippen MR) is 197 cm³/mol. The van der Waals surface area contributed by atoms with Crippen molar-refractivity contribution in [3.63, 3.8) is 0 Å². The van der Waals surface area contributed by atoms with E-state index in [2.05, 4.69) is 16.0 Å². The van der Waals surface area contributed by atoms with E-state index in [-0.39, 0.29) is 45.6 Å². The van der Waals surface area contributed by atoms with Crippen LogP contribution in [0.15, 0.2) is 91.0 Å². The lowest BCUT2D eigenvalue weighted by molar-refractivity contribution is -0.151. The molecular weight excluding hydrogens is 719 g/mol. The molecule has 1 aliphatic rings. The van der Waals surface area contributed by atoms with Crippen molar-refractivity contribution in [2.45, 2.75) is 82.6 Å². The predicted octanol–water partition coefficient (Wildman–Crippen LogP) is 4.73. The molecule has 0 aliphatic carbocycles. The molecule has 5 N–H and O–H groups in total. The zero-order valence-electron chi connectivity index (χ0n) is 30.0. The smallest absolute Gasteiger partial charge is 0.408 e. The first-order valence-electron chi connectivity index (χ1n) is 17.7. The summed E-state index contributed by atoms with van der Waals surface area (Å²) in [6.07, 6.45) is -1.72. The lowest BCUT2D eigenvalue weighted by atomic mass is 10.1. The normalized spacial score (nSPS) is 16.6. The van der Waals surface area contributed by atoms with Crippen molar-refractivity contribution in [1.29, 1.82) is 0 Å². The second kappa shape index (κ2) is 20.9. The van der Waals surface area contributed by atoms with Gasteiger partial charge in [-0.3, -0.25) is 18.7 Å². The summed E-state index contributed by atoms with van der Waals surface area (Å²) in [6.45, 7) is 1.64. The number of unbranched alkanes of at least 4 members (excludes halogenated alkanes) is 1. The number of ether oxygens (including phenoxy) is 2. The maximum Gasteiger partial charge on any atom is 0.408 e. The zero-order chi connectivity index (χ0) is 38.9. The molecule has 1 aliphatic heterocycles. The van der Waals surface area contributed by atoms with Gasteiger partial charge in [-0.05, 0) is 55.7 Å². The number of carbonyl (C=O) groups excluding carboxylic acids is 4. The first-order chi connectivity index (χ1) is 25.9. The Morgan fingerprint density at radius 1 is 0.815 bits per heavy atom. The summed E-state index contributed by atoms with van der Waals surface area (Å²) in [5.41, 5.74) is 2.11. The zero-order valence-corrected chi connectivity index (χ0v) is 30.9. The van der Waals surface area contributed by atoms with Crippen LogP contribution in [0.3, 0.4) is 0 Å². The Morgan fingerprint density at radius 3 is 1.94 bits per heavy atom. The van der Waals surface area contributed by atoms with Crippen molar-refractivity contribution in [3.05, 3.63) is 108 Å². The number of amides is 4. The fourth-order valence-electron chi connectivity index (χ4n) is 5.83. The number of alkyl carbamates (subject to hydrolysis) is 2. The number of carbonyl (C=O) groups is 5. The van der Waals surface area contributed by atoms with E-state index < -0.39 is 61.5 Å². The fraction of sp³-hybridized carbons (Fsp3) is 0.395. The Bertz CT molecular complexity index is 1730. The number of nitrogens with one attached hydrogen (secondary N) is 3. The van der Waals surface area contributed by atoms with E-state index in [9.17, 15) is 38.5 Å². The maximum atomic E-state index is 13.9. The van der Waals surface area contributed by atoms with Gasteiger partial charge < -0.3 is 40.3 Å². The average molecular weight is 767 g/mol. The lowest BCUT2D eigenvalue weighted by Crippen LogP contribution is -2.50. The second-order valence-corrected chi connectivity index (χ2v) is 14.8. The summed E-state index contributed by atoms with van der Waals surface area (Å²) in [6, 6.07) is 24.3. The third-order valence-corrected chi connectivity index (χ3v) is 10.4. The summed E-state index contributed by atoms with van der Waals surface area (Å²) in [4.78, 5) is 76.1. The van der Waals surface area contributed by atoms with E-state index in [4.69, 9.17) is 14.0 Å². The summed E-state index contributed by atoms with van der Waals surface area (Å²) < 4.78 is 29.9. The van der Waals surface area contributed by atoms with Crippen LogP contribution in [0.5, 0.6) is 0 Å². The topological polar surface area (TPSA) is 210 Å². The van der Waals surface area contributed by atoms with Gasteiger partial charge >= 0.3 is 25.8 Å². The molecule has 290 valence electrons. The van der Waals surface area contributed by atoms with Crippen LogP contribution in [-0.4, -0.2) is 81.9 Å². The molecule has 4 rings (SSSR count). The molecule has 15 nitrogen and oxygen atoms in total.